The second kappa shape index (κ2) is 4.85. The summed E-state index contributed by atoms with van der Waals surface area (Å²) in [7, 11) is 0. The topological polar surface area (TPSA) is 37.3 Å². The minimum Gasteiger partial charge on any atom is -0.478 e. The Morgan fingerprint density at radius 3 is 2.41 bits per heavy atom. The lowest BCUT2D eigenvalue weighted by Crippen LogP contribution is -1.96. The predicted octanol–water partition coefficient (Wildman–Crippen LogP) is 4.62. The van der Waals surface area contributed by atoms with E-state index in [1.54, 1.807) is 18.2 Å². The monoisotopic (exact) mass is 286 g/mol. The van der Waals surface area contributed by atoms with Crippen LogP contribution in [0.4, 0.5) is 0 Å². The van der Waals surface area contributed by atoms with E-state index in [9.17, 15) is 9.90 Å². The van der Waals surface area contributed by atoms with E-state index < -0.39 is 5.97 Å². The largest absolute Gasteiger partial charge is 0.478 e. The number of benzene rings is 3. The highest BCUT2D eigenvalue weighted by molar-refractivity contribution is 5.91. The normalized spacial score (nSPS) is 11.8. The van der Waals surface area contributed by atoms with Gasteiger partial charge in [-0.3, -0.25) is 0 Å². The fourth-order valence-electron chi connectivity index (χ4n) is 3.25. The highest BCUT2D eigenvalue weighted by Gasteiger charge is 2.21. The summed E-state index contributed by atoms with van der Waals surface area (Å²) < 4.78 is 0. The molecule has 3 aromatic carbocycles. The van der Waals surface area contributed by atoms with Gasteiger partial charge in [0.25, 0.3) is 0 Å². The summed E-state index contributed by atoms with van der Waals surface area (Å²) in [6, 6.07) is 21.9. The molecule has 22 heavy (non-hydrogen) atoms. The van der Waals surface area contributed by atoms with Crippen LogP contribution in [0.15, 0.2) is 66.7 Å². The van der Waals surface area contributed by atoms with E-state index >= 15 is 0 Å². The zero-order chi connectivity index (χ0) is 15.1. The number of hydrogen-bond donors (Lipinski definition) is 1. The van der Waals surface area contributed by atoms with Crippen molar-refractivity contribution in [3.63, 3.8) is 0 Å². The van der Waals surface area contributed by atoms with Gasteiger partial charge in [-0.25, -0.2) is 4.79 Å². The zero-order valence-corrected chi connectivity index (χ0v) is 11.9. The summed E-state index contributed by atoms with van der Waals surface area (Å²) in [5.74, 6) is -0.891. The van der Waals surface area contributed by atoms with Gasteiger partial charge >= 0.3 is 5.97 Å². The van der Waals surface area contributed by atoms with E-state index in [2.05, 4.69) is 36.4 Å². The lowest BCUT2D eigenvalue weighted by Gasteiger charge is -2.09. The number of rotatable bonds is 2. The molecule has 1 N–H and O–H groups in total. The number of hydrogen-bond acceptors (Lipinski definition) is 1. The molecule has 0 bridgehead atoms. The fraction of sp³-hybridized carbons (Fsp3) is 0.0500. The number of aromatic carboxylic acids is 1. The van der Waals surface area contributed by atoms with Crippen LogP contribution in [-0.4, -0.2) is 11.1 Å². The third-order valence-electron chi connectivity index (χ3n) is 4.27. The van der Waals surface area contributed by atoms with Gasteiger partial charge < -0.3 is 5.11 Å². The predicted molar refractivity (Wildman–Crippen MR) is 87.1 cm³/mol. The first kappa shape index (κ1) is 12.8. The number of fused-ring (bicyclic) bond motifs is 3. The second-order valence-electron chi connectivity index (χ2n) is 5.55. The smallest absolute Gasteiger partial charge is 0.335 e. The maximum atomic E-state index is 11.2. The van der Waals surface area contributed by atoms with E-state index in [4.69, 9.17) is 0 Å². The molecule has 106 valence electrons. The van der Waals surface area contributed by atoms with Crippen LogP contribution in [0.2, 0.25) is 0 Å². The van der Waals surface area contributed by atoms with E-state index in [0.717, 1.165) is 17.5 Å². The molecular formula is C20H14O2. The van der Waals surface area contributed by atoms with Crippen LogP contribution >= 0.6 is 0 Å². The van der Waals surface area contributed by atoms with Gasteiger partial charge in [0.2, 0.25) is 0 Å². The lowest BCUT2D eigenvalue weighted by atomic mass is 9.95. The Morgan fingerprint density at radius 2 is 1.55 bits per heavy atom. The number of carboxylic acid groups (broad SMARTS) is 1. The van der Waals surface area contributed by atoms with Gasteiger partial charge in [0, 0.05) is 0 Å². The van der Waals surface area contributed by atoms with Crippen LogP contribution < -0.4 is 0 Å². The van der Waals surface area contributed by atoms with E-state index in [-0.39, 0.29) is 0 Å². The molecule has 4 rings (SSSR count). The molecule has 1 aliphatic rings. The van der Waals surface area contributed by atoms with Crippen LogP contribution in [-0.2, 0) is 6.42 Å². The Bertz CT molecular complexity index is 894. The van der Waals surface area contributed by atoms with Crippen molar-refractivity contribution < 1.29 is 9.90 Å². The molecule has 0 aliphatic heterocycles. The maximum absolute atomic E-state index is 11.2. The maximum Gasteiger partial charge on any atom is 0.335 e. The first-order valence-electron chi connectivity index (χ1n) is 7.28. The third-order valence-corrected chi connectivity index (χ3v) is 4.27. The summed E-state index contributed by atoms with van der Waals surface area (Å²) in [5, 5.41) is 9.19. The van der Waals surface area contributed by atoms with Crippen molar-refractivity contribution in [3.8, 4) is 22.3 Å². The Labute approximate surface area is 128 Å². The van der Waals surface area contributed by atoms with Gasteiger partial charge in [0.05, 0.1) is 5.56 Å². The molecule has 0 fully saturated rings. The highest BCUT2D eigenvalue weighted by atomic mass is 16.4. The van der Waals surface area contributed by atoms with Crippen LogP contribution in [0.1, 0.15) is 21.5 Å². The van der Waals surface area contributed by atoms with Gasteiger partial charge in [-0.2, -0.15) is 0 Å². The molecule has 0 aromatic heterocycles. The third kappa shape index (κ3) is 1.92. The van der Waals surface area contributed by atoms with Crippen molar-refractivity contribution >= 4 is 5.97 Å². The fourth-order valence-corrected chi connectivity index (χ4v) is 3.25. The van der Waals surface area contributed by atoms with Crippen LogP contribution in [0.25, 0.3) is 22.3 Å². The van der Waals surface area contributed by atoms with Crippen molar-refractivity contribution in [3.05, 3.63) is 83.4 Å². The Kier molecular flexibility index (Phi) is 2.83. The van der Waals surface area contributed by atoms with Gasteiger partial charge in [-0.1, -0.05) is 54.6 Å². The first-order valence-corrected chi connectivity index (χ1v) is 7.28. The lowest BCUT2D eigenvalue weighted by molar-refractivity contribution is 0.0697. The molecule has 0 spiro atoms. The SMILES string of the molecule is O=C(O)c1cccc(-c2cccc3c2Cc2ccccc2-3)c1. The van der Waals surface area contributed by atoms with Crippen LogP contribution in [0, 0.1) is 0 Å². The first-order chi connectivity index (χ1) is 10.7. The molecule has 2 heteroatoms. The zero-order valence-electron chi connectivity index (χ0n) is 11.9. The molecule has 0 radical (unpaired) electrons. The minimum absolute atomic E-state index is 0.325. The minimum atomic E-state index is -0.891. The summed E-state index contributed by atoms with van der Waals surface area (Å²) in [4.78, 5) is 11.2. The van der Waals surface area contributed by atoms with E-state index in [1.165, 1.54) is 22.3 Å². The highest BCUT2D eigenvalue weighted by Crippen LogP contribution is 2.41. The van der Waals surface area contributed by atoms with Crippen molar-refractivity contribution in [2.75, 3.05) is 0 Å². The number of carbonyl (C=O) groups is 1. The quantitative estimate of drug-likeness (QED) is 0.583. The van der Waals surface area contributed by atoms with Crippen LogP contribution in [0.3, 0.4) is 0 Å². The molecule has 1 aliphatic carbocycles. The summed E-state index contributed by atoms with van der Waals surface area (Å²) in [6.45, 7) is 0. The molecule has 0 saturated heterocycles. The van der Waals surface area contributed by atoms with Gasteiger partial charge in [0.1, 0.15) is 0 Å². The second-order valence-corrected chi connectivity index (χ2v) is 5.55. The van der Waals surface area contributed by atoms with Crippen LogP contribution in [0.5, 0.6) is 0 Å². The van der Waals surface area contributed by atoms with E-state index in [0.29, 0.717) is 5.56 Å². The van der Waals surface area contributed by atoms with Crippen molar-refractivity contribution in [1.82, 2.24) is 0 Å². The summed E-state index contributed by atoms with van der Waals surface area (Å²) in [5.41, 5.74) is 7.57. The number of carboxylic acids is 1. The van der Waals surface area contributed by atoms with Crippen molar-refractivity contribution in [1.29, 1.82) is 0 Å². The molecule has 0 atom stereocenters. The molecule has 0 amide bonds. The molecule has 0 saturated carbocycles. The standard InChI is InChI=1S/C20H14O2/c21-20(22)15-7-3-6-13(11-15)17-9-4-10-18-16-8-2-1-5-14(16)12-19(17)18/h1-11H,12H2,(H,21,22). The van der Waals surface area contributed by atoms with E-state index in [1.807, 2.05) is 12.1 Å². The Hall–Kier alpha value is -2.87. The van der Waals surface area contributed by atoms with Gasteiger partial charge in [-0.05, 0) is 51.9 Å². The molecule has 3 aromatic rings. The average Bonchev–Trinajstić information content (AvgIpc) is 2.93. The van der Waals surface area contributed by atoms with Gasteiger partial charge in [0.15, 0.2) is 0 Å². The van der Waals surface area contributed by atoms with Gasteiger partial charge in [-0.15, -0.1) is 0 Å². The Morgan fingerprint density at radius 1 is 0.818 bits per heavy atom. The van der Waals surface area contributed by atoms with Crippen molar-refractivity contribution in [2.45, 2.75) is 6.42 Å². The molecular weight excluding hydrogens is 272 g/mol. The van der Waals surface area contributed by atoms with Crippen molar-refractivity contribution in [2.24, 2.45) is 0 Å². The molecule has 0 heterocycles. The molecule has 2 nitrogen and oxygen atoms in total. The average molecular weight is 286 g/mol. The summed E-state index contributed by atoms with van der Waals surface area (Å²) >= 11 is 0. The summed E-state index contributed by atoms with van der Waals surface area (Å²) in [6.07, 6.45) is 0.902. The molecule has 0 unspecified atom stereocenters. The Balaban J connectivity index is 1.89.